The second kappa shape index (κ2) is 13.4. The van der Waals surface area contributed by atoms with Crippen molar-refractivity contribution in [2.75, 3.05) is 13.2 Å². The van der Waals surface area contributed by atoms with Crippen molar-refractivity contribution < 1.29 is 9.47 Å². The summed E-state index contributed by atoms with van der Waals surface area (Å²) >= 11 is 0. The molecule has 1 unspecified atom stereocenters. The van der Waals surface area contributed by atoms with Gasteiger partial charge in [-0.15, -0.1) is 0 Å². The number of hydrogen-bond donors (Lipinski definition) is 0. The smallest absolute Gasteiger partial charge is 0.0809 e. The van der Waals surface area contributed by atoms with Crippen LogP contribution in [0.2, 0.25) is 0 Å². The Morgan fingerprint density at radius 3 is 2.00 bits per heavy atom. The standard InChI is InChI=1S/C16H34O2/c1-5-7-8-9-10-11-12-13-17-14-16(6-2)18-15(3)4/h15-16H,5-14H2,1-4H3. The molecule has 0 saturated heterocycles. The molecule has 0 aliphatic rings. The Morgan fingerprint density at radius 1 is 0.833 bits per heavy atom. The molecule has 0 amide bonds. The highest BCUT2D eigenvalue weighted by molar-refractivity contribution is 4.55. The predicted octanol–water partition coefficient (Wildman–Crippen LogP) is 4.96. The van der Waals surface area contributed by atoms with Crippen LogP contribution >= 0.6 is 0 Å². The van der Waals surface area contributed by atoms with Gasteiger partial charge in [-0.05, 0) is 26.7 Å². The molecule has 0 fully saturated rings. The van der Waals surface area contributed by atoms with Gasteiger partial charge in [0, 0.05) is 6.61 Å². The van der Waals surface area contributed by atoms with Crippen molar-refractivity contribution in [3.63, 3.8) is 0 Å². The molecule has 0 rings (SSSR count). The second-order valence-electron chi connectivity index (χ2n) is 5.41. The van der Waals surface area contributed by atoms with Crippen molar-refractivity contribution >= 4 is 0 Å². The van der Waals surface area contributed by atoms with Crippen molar-refractivity contribution in [1.29, 1.82) is 0 Å². The van der Waals surface area contributed by atoms with Gasteiger partial charge in [-0.2, -0.15) is 0 Å². The molecule has 0 aromatic carbocycles. The maximum absolute atomic E-state index is 5.75. The molecule has 0 aromatic rings. The molecule has 0 bridgehead atoms. The van der Waals surface area contributed by atoms with Gasteiger partial charge < -0.3 is 9.47 Å². The van der Waals surface area contributed by atoms with E-state index in [4.69, 9.17) is 9.47 Å². The van der Waals surface area contributed by atoms with Crippen LogP contribution in [0.5, 0.6) is 0 Å². The van der Waals surface area contributed by atoms with Crippen LogP contribution in [0.3, 0.4) is 0 Å². The summed E-state index contributed by atoms with van der Waals surface area (Å²) in [6.07, 6.45) is 11.0. The van der Waals surface area contributed by atoms with Crippen molar-refractivity contribution in [3.05, 3.63) is 0 Å². The molecule has 0 heterocycles. The number of hydrogen-bond acceptors (Lipinski definition) is 2. The highest BCUT2D eigenvalue weighted by Crippen LogP contribution is 2.08. The van der Waals surface area contributed by atoms with Gasteiger partial charge >= 0.3 is 0 Å². The lowest BCUT2D eigenvalue weighted by molar-refractivity contribution is -0.0462. The normalized spacial score (nSPS) is 13.2. The molecule has 0 aliphatic heterocycles. The zero-order valence-electron chi connectivity index (χ0n) is 13.0. The lowest BCUT2D eigenvalue weighted by Gasteiger charge is -2.18. The third-order valence-electron chi connectivity index (χ3n) is 3.12. The van der Waals surface area contributed by atoms with Crippen LogP contribution in [0.1, 0.15) is 79.1 Å². The zero-order chi connectivity index (χ0) is 13.6. The molecule has 2 heteroatoms. The molecule has 0 aliphatic carbocycles. The Kier molecular flexibility index (Phi) is 13.3. The third-order valence-corrected chi connectivity index (χ3v) is 3.12. The first-order valence-electron chi connectivity index (χ1n) is 7.93. The second-order valence-corrected chi connectivity index (χ2v) is 5.41. The van der Waals surface area contributed by atoms with E-state index in [1.807, 2.05) is 0 Å². The van der Waals surface area contributed by atoms with Gasteiger partial charge in [0.2, 0.25) is 0 Å². The fourth-order valence-corrected chi connectivity index (χ4v) is 2.01. The van der Waals surface area contributed by atoms with Crippen LogP contribution in [-0.4, -0.2) is 25.4 Å². The van der Waals surface area contributed by atoms with Crippen LogP contribution in [0.25, 0.3) is 0 Å². The molecule has 0 aromatic heterocycles. The van der Waals surface area contributed by atoms with Crippen molar-refractivity contribution in [3.8, 4) is 0 Å². The Morgan fingerprint density at radius 2 is 1.44 bits per heavy atom. The first kappa shape index (κ1) is 17.9. The topological polar surface area (TPSA) is 18.5 Å². The average molecular weight is 258 g/mol. The van der Waals surface area contributed by atoms with E-state index < -0.39 is 0 Å². The van der Waals surface area contributed by atoms with Crippen LogP contribution in [0.4, 0.5) is 0 Å². The van der Waals surface area contributed by atoms with E-state index in [9.17, 15) is 0 Å². The number of ether oxygens (including phenoxy) is 2. The van der Waals surface area contributed by atoms with E-state index in [-0.39, 0.29) is 6.10 Å². The largest absolute Gasteiger partial charge is 0.379 e. The molecule has 18 heavy (non-hydrogen) atoms. The maximum Gasteiger partial charge on any atom is 0.0809 e. The first-order valence-corrected chi connectivity index (χ1v) is 7.93. The lowest BCUT2D eigenvalue weighted by atomic mass is 10.1. The van der Waals surface area contributed by atoms with E-state index in [0.29, 0.717) is 6.10 Å². The van der Waals surface area contributed by atoms with Crippen LogP contribution in [0.15, 0.2) is 0 Å². The predicted molar refractivity (Wildman–Crippen MR) is 79.1 cm³/mol. The van der Waals surface area contributed by atoms with Gasteiger partial charge in [0.05, 0.1) is 18.8 Å². The van der Waals surface area contributed by atoms with E-state index in [1.54, 1.807) is 0 Å². The van der Waals surface area contributed by atoms with Crippen LogP contribution in [-0.2, 0) is 9.47 Å². The molecule has 0 N–H and O–H groups in total. The first-order chi connectivity index (χ1) is 8.70. The number of rotatable bonds is 13. The Balaban J connectivity index is 3.23. The molecule has 0 radical (unpaired) electrons. The monoisotopic (exact) mass is 258 g/mol. The Labute approximate surface area is 114 Å². The Hall–Kier alpha value is -0.0800. The summed E-state index contributed by atoms with van der Waals surface area (Å²) in [5.41, 5.74) is 0. The summed E-state index contributed by atoms with van der Waals surface area (Å²) in [4.78, 5) is 0. The van der Waals surface area contributed by atoms with E-state index in [1.165, 1.54) is 44.9 Å². The summed E-state index contributed by atoms with van der Waals surface area (Å²) in [6.45, 7) is 10.2. The van der Waals surface area contributed by atoms with Gasteiger partial charge in [-0.25, -0.2) is 0 Å². The molecule has 0 saturated carbocycles. The van der Waals surface area contributed by atoms with Crippen LogP contribution < -0.4 is 0 Å². The fourth-order valence-electron chi connectivity index (χ4n) is 2.01. The molecule has 0 spiro atoms. The average Bonchev–Trinajstić information content (AvgIpc) is 2.35. The molecular formula is C16H34O2. The highest BCUT2D eigenvalue weighted by Gasteiger charge is 2.08. The van der Waals surface area contributed by atoms with Crippen LogP contribution in [0, 0.1) is 0 Å². The van der Waals surface area contributed by atoms with E-state index in [0.717, 1.165) is 19.6 Å². The SMILES string of the molecule is CCCCCCCCCOCC(CC)OC(C)C. The minimum Gasteiger partial charge on any atom is -0.379 e. The van der Waals surface area contributed by atoms with Crippen molar-refractivity contribution in [2.24, 2.45) is 0 Å². The molecular weight excluding hydrogens is 224 g/mol. The third kappa shape index (κ3) is 12.4. The fraction of sp³-hybridized carbons (Fsp3) is 1.00. The summed E-state index contributed by atoms with van der Waals surface area (Å²) < 4.78 is 11.4. The summed E-state index contributed by atoms with van der Waals surface area (Å²) in [6, 6.07) is 0. The highest BCUT2D eigenvalue weighted by atomic mass is 16.5. The summed E-state index contributed by atoms with van der Waals surface area (Å²) in [5.74, 6) is 0. The number of unbranched alkanes of at least 4 members (excludes halogenated alkanes) is 6. The summed E-state index contributed by atoms with van der Waals surface area (Å²) in [7, 11) is 0. The van der Waals surface area contributed by atoms with Gasteiger partial charge in [0.25, 0.3) is 0 Å². The van der Waals surface area contributed by atoms with Crippen molar-refractivity contribution in [2.45, 2.75) is 91.3 Å². The van der Waals surface area contributed by atoms with Gasteiger partial charge in [-0.1, -0.05) is 52.4 Å². The Bertz CT molecular complexity index is 157. The summed E-state index contributed by atoms with van der Waals surface area (Å²) in [5, 5.41) is 0. The van der Waals surface area contributed by atoms with Gasteiger partial charge in [-0.3, -0.25) is 0 Å². The van der Waals surface area contributed by atoms with Crippen molar-refractivity contribution in [1.82, 2.24) is 0 Å². The minimum atomic E-state index is 0.273. The minimum absolute atomic E-state index is 0.273. The molecule has 2 nitrogen and oxygen atoms in total. The van der Waals surface area contributed by atoms with Gasteiger partial charge in [0.15, 0.2) is 0 Å². The zero-order valence-corrected chi connectivity index (χ0v) is 13.0. The van der Waals surface area contributed by atoms with Gasteiger partial charge in [0.1, 0.15) is 0 Å². The van der Waals surface area contributed by atoms with E-state index >= 15 is 0 Å². The lowest BCUT2D eigenvalue weighted by Crippen LogP contribution is -2.22. The quantitative estimate of drug-likeness (QED) is 0.435. The maximum atomic E-state index is 5.75. The molecule has 110 valence electrons. The van der Waals surface area contributed by atoms with E-state index in [2.05, 4.69) is 27.7 Å². The molecule has 1 atom stereocenters.